The molecule has 0 fully saturated rings. The van der Waals surface area contributed by atoms with Crippen molar-refractivity contribution in [1.82, 2.24) is 9.97 Å². The number of hydrogen-bond acceptors (Lipinski definition) is 1. The van der Waals surface area contributed by atoms with Gasteiger partial charge in [0.1, 0.15) is 0 Å². The van der Waals surface area contributed by atoms with E-state index in [0.29, 0.717) is 0 Å². The normalized spacial score (nSPS) is 10.6. The van der Waals surface area contributed by atoms with E-state index in [9.17, 15) is 0 Å². The molecule has 0 saturated carbocycles. The van der Waals surface area contributed by atoms with Gasteiger partial charge in [-0.3, -0.25) is 4.98 Å². The van der Waals surface area contributed by atoms with Crippen molar-refractivity contribution in [3.05, 3.63) is 24.0 Å². The highest BCUT2D eigenvalue weighted by atomic mass is 14.7. The van der Waals surface area contributed by atoms with E-state index in [0.717, 1.165) is 11.1 Å². The number of aromatic nitrogens is 2. The van der Waals surface area contributed by atoms with Crippen LogP contribution in [0.4, 0.5) is 0 Å². The fraction of sp³-hybridized carbons (Fsp3) is 0.125. The minimum atomic E-state index is 1.07. The molecule has 0 aliphatic carbocycles. The van der Waals surface area contributed by atoms with Gasteiger partial charge in [-0.15, -0.1) is 0 Å². The maximum absolute atomic E-state index is 4.19. The van der Waals surface area contributed by atoms with Crippen LogP contribution in [0.15, 0.2) is 18.3 Å². The molecule has 0 aromatic carbocycles. The minimum Gasteiger partial charge on any atom is -0.357 e. The van der Waals surface area contributed by atoms with Crippen LogP contribution in [0.3, 0.4) is 0 Å². The highest BCUT2D eigenvalue weighted by Crippen LogP contribution is 2.10. The fourth-order valence-electron chi connectivity index (χ4n) is 1.29. The lowest BCUT2D eigenvalue weighted by atomic mass is 10.0. The topological polar surface area (TPSA) is 28.7 Å². The zero-order valence-corrected chi connectivity index (χ0v) is 6.68. The molecular weight excluding hydrogens is 135 g/mol. The molecule has 0 aliphatic heterocycles. The summed E-state index contributed by atoms with van der Waals surface area (Å²) in [6.45, 7) is 2.05. The molecule has 2 aromatic heterocycles. The largest absolute Gasteiger partial charge is 0.357 e. The van der Waals surface area contributed by atoms with Crippen molar-refractivity contribution >= 4 is 24.3 Å². The highest BCUT2D eigenvalue weighted by molar-refractivity contribution is 6.31. The zero-order valence-electron chi connectivity index (χ0n) is 6.68. The van der Waals surface area contributed by atoms with Crippen LogP contribution in [-0.2, 0) is 0 Å². The summed E-state index contributed by atoms with van der Waals surface area (Å²) in [7, 11) is 2.00. The minimum absolute atomic E-state index is 1.07. The van der Waals surface area contributed by atoms with Gasteiger partial charge in [0.15, 0.2) is 7.85 Å². The van der Waals surface area contributed by atoms with Crippen molar-refractivity contribution in [1.29, 1.82) is 0 Å². The molecule has 11 heavy (non-hydrogen) atoms. The summed E-state index contributed by atoms with van der Waals surface area (Å²) >= 11 is 0. The number of rotatable bonds is 0. The van der Waals surface area contributed by atoms with Crippen LogP contribution in [0.25, 0.3) is 10.9 Å². The molecule has 0 unspecified atom stereocenters. The SMILES string of the molecule is Bc1cc2cc(C)[nH]c2cn1. The van der Waals surface area contributed by atoms with Crippen molar-refractivity contribution in [2.75, 3.05) is 0 Å². The van der Waals surface area contributed by atoms with E-state index >= 15 is 0 Å². The lowest BCUT2D eigenvalue weighted by molar-refractivity contribution is 1.29. The Balaban J connectivity index is 2.82. The van der Waals surface area contributed by atoms with Crippen molar-refractivity contribution < 1.29 is 0 Å². The summed E-state index contributed by atoms with van der Waals surface area (Å²) in [4.78, 5) is 7.41. The monoisotopic (exact) mass is 144 g/mol. The predicted molar refractivity (Wildman–Crippen MR) is 49.0 cm³/mol. The molecule has 3 heteroatoms. The second-order valence-electron chi connectivity index (χ2n) is 2.87. The maximum Gasteiger partial charge on any atom is 0.163 e. The Morgan fingerprint density at radius 3 is 3.09 bits per heavy atom. The van der Waals surface area contributed by atoms with Gasteiger partial charge in [0, 0.05) is 11.1 Å². The predicted octanol–water partition coefficient (Wildman–Crippen LogP) is 0.130. The molecule has 2 aromatic rings. The molecule has 0 spiro atoms. The first kappa shape index (κ1) is 6.46. The lowest BCUT2D eigenvalue weighted by Gasteiger charge is -1.90. The summed E-state index contributed by atoms with van der Waals surface area (Å²) in [5.74, 6) is 0. The Labute approximate surface area is 66.1 Å². The number of H-pyrrole nitrogens is 1. The molecular formula is C8H9BN2. The molecule has 0 bridgehead atoms. The number of aryl methyl sites for hydroxylation is 1. The number of fused-ring (bicyclic) bond motifs is 1. The first-order valence-electron chi connectivity index (χ1n) is 3.68. The Morgan fingerprint density at radius 1 is 1.45 bits per heavy atom. The van der Waals surface area contributed by atoms with E-state index in [1.54, 1.807) is 0 Å². The first-order chi connectivity index (χ1) is 5.25. The van der Waals surface area contributed by atoms with Gasteiger partial charge in [0.25, 0.3) is 0 Å². The Morgan fingerprint density at radius 2 is 2.27 bits per heavy atom. The number of hydrogen-bond donors (Lipinski definition) is 1. The van der Waals surface area contributed by atoms with Crippen molar-refractivity contribution in [3.63, 3.8) is 0 Å². The van der Waals surface area contributed by atoms with E-state index < -0.39 is 0 Å². The molecule has 2 rings (SSSR count). The molecule has 0 amide bonds. The molecule has 0 radical (unpaired) electrons. The van der Waals surface area contributed by atoms with E-state index in [1.807, 2.05) is 14.0 Å². The number of nitrogens with zero attached hydrogens (tertiary/aromatic N) is 1. The molecule has 2 nitrogen and oxygen atoms in total. The van der Waals surface area contributed by atoms with E-state index in [1.165, 1.54) is 11.1 Å². The van der Waals surface area contributed by atoms with Gasteiger partial charge in [0.2, 0.25) is 0 Å². The molecule has 1 N–H and O–H groups in total. The maximum atomic E-state index is 4.19. The van der Waals surface area contributed by atoms with Crippen molar-refractivity contribution in [2.45, 2.75) is 6.92 Å². The summed E-state index contributed by atoms with van der Waals surface area (Å²) in [5, 5.41) is 1.25. The van der Waals surface area contributed by atoms with Crippen molar-refractivity contribution in [2.24, 2.45) is 0 Å². The van der Waals surface area contributed by atoms with Crippen LogP contribution >= 0.6 is 0 Å². The third-order valence-electron chi connectivity index (χ3n) is 1.78. The fourth-order valence-corrected chi connectivity index (χ4v) is 1.29. The Kier molecular flexibility index (Phi) is 1.25. The van der Waals surface area contributed by atoms with Crippen molar-refractivity contribution in [3.8, 4) is 0 Å². The molecule has 54 valence electrons. The quantitative estimate of drug-likeness (QED) is 0.523. The first-order valence-corrected chi connectivity index (χ1v) is 3.68. The standard InChI is InChI=1S/C8H9BN2/c1-5-2-6-3-8(9)10-4-7(6)11-5/h2-4,11H,9H2,1H3. The Hall–Kier alpha value is -1.25. The van der Waals surface area contributed by atoms with Gasteiger partial charge in [-0.1, -0.05) is 0 Å². The Bertz CT molecular complexity index is 392. The van der Waals surface area contributed by atoms with Gasteiger partial charge in [-0.05, 0) is 24.6 Å². The third kappa shape index (κ3) is 1.02. The number of aromatic amines is 1. The smallest absolute Gasteiger partial charge is 0.163 e. The molecule has 0 saturated heterocycles. The van der Waals surface area contributed by atoms with Crippen LogP contribution in [0.2, 0.25) is 0 Å². The van der Waals surface area contributed by atoms with E-state index in [2.05, 4.69) is 29.0 Å². The van der Waals surface area contributed by atoms with Crippen LogP contribution in [0.1, 0.15) is 5.69 Å². The van der Waals surface area contributed by atoms with Gasteiger partial charge in [-0.25, -0.2) is 0 Å². The lowest BCUT2D eigenvalue weighted by Crippen LogP contribution is -2.05. The summed E-state index contributed by atoms with van der Waals surface area (Å²) in [6.07, 6.45) is 1.87. The van der Waals surface area contributed by atoms with Gasteiger partial charge >= 0.3 is 0 Å². The molecule has 2 heterocycles. The average Bonchev–Trinajstić information content (AvgIpc) is 2.27. The van der Waals surface area contributed by atoms with Gasteiger partial charge in [-0.2, -0.15) is 0 Å². The number of pyridine rings is 1. The zero-order chi connectivity index (χ0) is 7.84. The average molecular weight is 144 g/mol. The van der Waals surface area contributed by atoms with Crippen LogP contribution in [-0.4, -0.2) is 17.8 Å². The van der Waals surface area contributed by atoms with E-state index in [4.69, 9.17) is 0 Å². The van der Waals surface area contributed by atoms with Crippen LogP contribution < -0.4 is 5.59 Å². The highest BCUT2D eigenvalue weighted by Gasteiger charge is 1.96. The second kappa shape index (κ2) is 2.12. The van der Waals surface area contributed by atoms with Crippen LogP contribution in [0, 0.1) is 6.92 Å². The third-order valence-corrected chi connectivity index (χ3v) is 1.78. The summed E-state index contributed by atoms with van der Waals surface area (Å²) in [6, 6.07) is 4.21. The van der Waals surface area contributed by atoms with Gasteiger partial charge in [0.05, 0.1) is 11.7 Å². The summed E-state index contributed by atoms with van der Waals surface area (Å²) in [5.41, 5.74) is 3.37. The number of nitrogens with one attached hydrogen (secondary N) is 1. The molecule has 0 aliphatic rings. The van der Waals surface area contributed by atoms with Crippen LogP contribution in [0.5, 0.6) is 0 Å². The van der Waals surface area contributed by atoms with E-state index in [-0.39, 0.29) is 0 Å². The second-order valence-corrected chi connectivity index (χ2v) is 2.87. The molecule has 0 atom stereocenters. The van der Waals surface area contributed by atoms with Gasteiger partial charge < -0.3 is 4.98 Å². The summed E-state index contributed by atoms with van der Waals surface area (Å²) < 4.78 is 0.